The fourth-order valence-corrected chi connectivity index (χ4v) is 20.1. The second-order valence-electron chi connectivity index (χ2n) is 4.85. The standard InChI is InChI=1S/2C6H5.C4H8OS2.ClH.Sn/c2*1-2-4-6-5-3-1;1-3(2)5-4(6)7;;/h2*1-5H;3H,1-2H3,(H,6,7);1H;/q;;;;+2/p-2. The van der Waals surface area contributed by atoms with E-state index in [9.17, 15) is 0 Å². The second-order valence-corrected chi connectivity index (χ2v) is 23.9. The number of hydrogen-bond donors (Lipinski definition) is 0. The van der Waals surface area contributed by atoms with Gasteiger partial charge in [0.1, 0.15) is 0 Å². The molecule has 0 saturated carbocycles. The molecular formula is C16H17ClOS2Sn. The van der Waals surface area contributed by atoms with Crippen molar-refractivity contribution in [2.45, 2.75) is 20.0 Å². The van der Waals surface area contributed by atoms with E-state index in [1.54, 1.807) is 8.95 Å². The van der Waals surface area contributed by atoms with E-state index in [0.29, 0.717) is 4.38 Å². The Morgan fingerprint density at radius 3 is 1.81 bits per heavy atom. The molecule has 0 aliphatic rings. The Labute approximate surface area is 142 Å². The first-order valence-corrected chi connectivity index (χ1v) is 17.9. The molecule has 110 valence electrons. The van der Waals surface area contributed by atoms with Gasteiger partial charge in [-0.2, -0.15) is 0 Å². The molecule has 1 nitrogen and oxygen atoms in total. The fourth-order valence-electron chi connectivity index (χ4n) is 1.92. The Kier molecular flexibility index (Phi) is 6.41. The Balaban J connectivity index is 2.38. The number of rotatable bonds is 4. The molecule has 0 radical (unpaired) electrons. The van der Waals surface area contributed by atoms with Gasteiger partial charge in [-0.25, -0.2) is 0 Å². The van der Waals surface area contributed by atoms with E-state index < -0.39 is 15.9 Å². The zero-order valence-electron chi connectivity index (χ0n) is 12.0. The fraction of sp³-hybridized carbons (Fsp3) is 0.188. The van der Waals surface area contributed by atoms with Crippen LogP contribution in [0, 0.1) is 0 Å². The summed E-state index contributed by atoms with van der Waals surface area (Å²) in [6.07, 6.45) is 0.0729. The molecule has 0 aliphatic heterocycles. The van der Waals surface area contributed by atoms with Crippen molar-refractivity contribution in [2.24, 2.45) is 0 Å². The van der Waals surface area contributed by atoms with Crippen LogP contribution >= 0.6 is 30.1 Å². The summed E-state index contributed by atoms with van der Waals surface area (Å²) in [5, 5.41) is 0. The van der Waals surface area contributed by atoms with Crippen molar-refractivity contribution in [1.82, 2.24) is 0 Å². The number of thiocarbonyl (C=S) groups is 1. The van der Waals surface area contributed by atoms with Crippen LogP contribution in [0.2, 0.25) is 0 Å². The summed E-state index contributed by atoms with van der Waals surface area (Å²) < 4.78 is 8.58. The van der Waals surface area contributed by atoms with Crippen LogP contribution in [0.5, 0.6) is 0 Å². The average Bonchev–Trinajstić information content (AvgIpc) is 2.48. The summed E-state index contributed by atoms with van der Waals surface area (Å²) in [6, 6.07) is 20.5. The number of benzene rings is 2. The van der Waals surface area contributed by atoms with Crippen molar-refractivity contribution in [2.75, 3.05) is 0 Å². The van der Waals surface area contributed by atoms with E-state index in [4.69, 9.17) is 25.9 Å². The van der Waals surface area contributed by atoms with E-state index in [1.165, 1.54) is 7.16 Å². The predicted octanol–water partition coefficient (Wildman–Crippen LogP) is 3.92. The third-order valence-electron chi connectivity index (χ3n) is 2.85. The van der Waals surface area contributed by atoms with Gasteiger partial charge in [0.05, 0.1) is 0 Å². The summed E-state index contributed by atoms with van der Waals surface area (Å²) in [5.74, 6) is 0. The minimum absolute atomic E-state index is 0.0729. The molecule has 2 aromatic carbocycles. The summed E-state index contributed by atoms with van der Waals surface area (Å²) in [7, 11) is 8.74. The SMILES string of the molecule is CC(C)OC(=S)[S][Sn]([Cl])([c]1ccccc1)[c]1ccccc1. The maximum absolute atomic E-state index is 7.17. The summed E-state index contributed by atoms with van der Waals surface area (Å²) in [6.45, 7) is 3.95. The van der Waals surface area contributed by atoms with Crippen LogP contribution in [0.4, 0.5) is 0 Å². The molecule has 0 N–H and O–H groups in total. The van der Waals surface area contributed by atoms with Crippen LogP contribution in [0.25, 0.3) is 0 Å². The molecule has 0 saturated heterocycles. The van der Waals surface area contributed by atoms with Crippen molar-refractivity contribution >= 4 is 57.5 Å². The van der Waals surface area contributed by atoms with Gasteiger partial charge in [0.2, 0.25) is 0 Å². The van der Waals surface area contributed by atoms with Crippen LogP contribution in [-0.2, 0) is 4.74 Å². The van der Waals surface area contributed by atoms with Crippen LogP contribution in [0.3, 0.4) is 0 Å². The minimum atomic E-state index is -3.39. The molecule has 2 rings (SSSR count). The normalized spacial score (nSPS) is 11.4. The van der Waals surface area contributed by atoms with E-state index in [0.717, 1.165) is 0 Å². The first-order valence-electron chi connectivity index (χ1n) is 6.72. The van der Waals surface area contributed by atoms with Crippen LogP contribution in [-0.4, -0.2) is 26.4 Å². The van der Waals surface area contributed by atoms with E-state index in [1.807, 2.05) is 50.2 Å². The Morgan fingerprint density at radius 1 is 1.00 bits per heavy atom. The molecule has 0 unspecified atom stereocenters. The average molecular weight is 444 g/mol. The third-order valence-corrected chi connectivity index (χ3v) is 22.8. The van der Waals surface area contributed by atoms with Gasteiger partial charge in [-0.3, -0.25) is 0 Å². The summed E-state index contributed by atoms with van der Waals surface area (Å²) >= 11 is 1.99. The predicted molar refractivity (Wildman–Crippen MR) is 100 cm³/mol. The molecule has 21 heavy (non-hydrogen) atoms. The van der Waals surface area contributed by atoms with Crippen molar-refractivity contribution in [1.29, 1.82) is 0 Å². The first kappa shape index (κ1) is 17.1. The molecule has 5 heteroatoms. The van der Waals surface area contributed by atoms with Gasteiger partial charge in [-0.05, 0) is 0 Å². The molecular weight excluding hydrogens is 426 g/mol. The molecule has 0 atom stereocenters. The molecule has 0 bridgehead atoms. The van der Waals surface area contributed by atoms with Crippen LogP contribution < -0.4 is 7.16 Å². The number of halogens is 1. The van der Waals surface area contributed by atoms with Gasteiger partial charge in [0.15, 0.2) is 0 Å². The van der Waals surface area contributed by atoms with Gasteiger partial charge in [-0.15, -0.1) is 0 Å². The van der Waals surface area contributed by atoms with Crippen molar-refractivity contribution < 1.29 is 4.74 Å². The van der Waals surface area contributed by atoms with Crippen molar-refractivity contribution in [3.63, 3.8) is 0 Å². The van der Waals surface area contributed by atoms with Gasteiger partial charge < -0.3 is 0 Å². The Hall–Kier alpha value is -0.231. The zero-order chi connectivity index (χ0) is 15.3. The quantitative estimate of drug-likeness (QED) is 0.524. The number of hydrogen-bond acceptors (Lipinski definition) is 3. The van der Waals surface area contributed by atoms with Crippen molar-refractivity contribution in [3.8, 4) is 0 Å². The third kappa shape index (κ3) is 4.62. The molecule has 0 heterocycles. The van der Waals surface area contributed by atoms with E-state index >= 15 is 0 Å². The van der Waals surface area contributed by atoms with Crippen molar-refractivity contribution in [3.05, 3.63) is 60.7 Å². The first-order chi connectivity index (χ1) is 10.0. The summed E-state index contributed by atoms with van der Waals surface area (Å²) in [5.41, 5.74) is 0. The molecule has 0 amide bonds. The van der Waals surface area contributed by atoms with Crippen LogP contribution in [0.1, 0.15) is 13.8 Å². The second kappa shape index (κ2) is 7.86. The van der Waals surface area contributed by atoms with Gasteiger partial charge in [-0.1, -0.05) is 0 Å². The Bertz CT molecular complexity index is 550. The van der Waals surface area contributed by atoms with Gasteiger partial charge >= 0.3 is 143 Å². The molecule has 0 fully saturated rings. The van der Waals surface area contributed by atoms with Crippen LogP contribution in [0.15, 0.2) is 60.7 Å². The molecule has 0 aromatic heterocycles. The van der Waals surface area contributed by atoms with E-state index in [2.05, 4.69) is 24.3 Å². The van der Waals surface area contributed by atoms with E-state index in [-0.39, 0.29) is 6.10 Å². The maximum atomic E-state index is 7.17. The molecule has 0 spiro atoms. The zero-order valence-corrected chi connectivity index (χ0v) is 17.2. The monoisotopic (exact) mass is 444 g/mol. The topological polar surface area (TPSA) is 9.23 Å². The number of ether oxygens (including phenoxy) is 1. The molecule has 0 aliphatic carbocycles. The van der Waals surface area contributed by atoms with Gasteiger partial charge in [0, 0.05) is 0 Å². The molecule has 2 aromatic rings. The summed E-state index contributed by atoms with van der Waals surface area (Å²) in [4.78, 5) is 0. The Morgan fingerprint density at radius 2 is 1.43 bits per heavy atom. The van der Waals surface area contributed by atoms with Gasteiger partial charge in [0.25, 0.3) is 0 Å².